The summed E-state index contributed by atoms with van der Waals surface area (Å²) >= 11 is 0. The fourth-order valence-corrected chi connectivity index (χ4v) is 0.0833. The molecule has 0 atom stereocenters. The highest BCUT2D eigenvalue weighted by Gasteiger charge is 1.88. The molecule has 0 fully saturated rings. The van der Waals surface area contributed by atoms with Crippen LogP contribution in [0.15, 0.2) is 0 Å². The SMILES string of the molecule is CCC.COC(=O)OC.O=C(O)O. The maximum Gasteiger partial charge on any atom is 0.507 e. The highest BCUT2D eigenvalue weighted by molar-refractivity contribution is 5.59. The van der Waals surface area contributed by atoms with Crippen LogP contribution in [-0.2, 0) is 9.47 Å². The van der Waals surface area contributed by atoms with Gasteiger partial charge < -0.3 is 19.7 Å². The Balaban J connectivity index is -0.000000125. The van der Waals surface area contributed by atoms with Gasteiger partial charge in [-0.05, 0) is 0 Å². The van der Waals surface area contributed by atoms with Crippen molar-refractivity contribution in [3.8, 4) is 0 Å². The summed E-state index contributed by atoms with van der Waals surface area (Å²) in [5, 5.41) is 13.9. The summed E-state index contributed by atoms with van der Waals surface area (Å²) < 4.78 is 8.08. The third-order valence-corrected chi connectivity index (χ3v) is 0.333. The van der Waals surface area contributed by atoms with Gasteiger partial charge in [0.25, 0.3) is 0 Å². The molecule has 0 rings (SSSR count). The van der Waals surface area contributed by atoms with E-state index < -0.39 is 12.3 Å². The lowest BCUT2D eigenvalue weighted by atomic mass is 10.6. The first-order valence-electron chi connectivity index (χ1n) is 3.49. The van der Waals surface area contributed by atoms with Gasteiger partial charge in [-0.25, -0.2) is 9.59 Å². The minimum atomic E-state index is -1.83. The third kappa shape index (κ3) is 119. The van der Waals surface area contributed by atoms with Crippen LogP contribution in [0.5, 0.6) is 0 Å². The van der Waals surface area contributed by atoms with E-state index in [1.54, 1.807) is 0 Å². The Bertz CT molecular complexity index is 112. The van der Waals surface area contributed by atoms with E-state index in [4.69, 9.17) is 15.0 Å². The molecule has 6 nitrogen and oxygen atoms in total. The fraction of sp³-hybridized carbons (Fsp3) is 0.714. The summed E-state index contributed by atoms with van der Waals surface area (Å²) in [5.41, 5.74) is 0. The molecule has 0 aliphatic rings. The number of hydrogen-bond donors (Lipinski definition) is 2. The zero-order valence-electron chi connectivity index (χ0n) is 8.23. The standard InChI is InChI=1S/C3H6O3.C3H8.CH2O3/c1-5-3(4)6-2;1-3-2;2-1(3)4/h1-2H3;3H2,1-2H3;(H2,2,3,4). The fourth-order valence-electron chi connectivity index (χ4n) is 0.0833. The van der Waals surface area contributed by atoms with Crippen molar-refractivity contribution in [2.45, 2.75) is 20.3 Å². The predicted molar refractivity (Wildman–Crippen MR) is 46.0 cm³/mol. The van der Waals surface area contributed by atoms with Crippen molar-refractivity contribution in [2.24, 2.45) is 0 Å². The molecule has 0 saturated heterocycles. The molecule has 0 aromatic heterocycles. The molecule has 0 aromatic carbocycles. The molecular formula is C7H16O6. The molecule has 0 spiro atoms. The lowest BCUT2D eigenvalue weighted by molar-refractivity contribution is 0.0924. The summed E-state index contributed by atoms with van der Waals surface area (Å²) in [7, 11) is 2.51. The molecule has 0 unspecified atom stereocenters. The van der Waals surface area contributed by atoms with Crippen molar-refractivity contribution >= 4 is 12.3 Å². The van der Waals surface area contributed by atoms with Crippen LogP contribution < -0.4 is 0 Å². The Morgan fingerprint density at radius 1 is 1.08 bits per heavy atom. The molecule has 0 amide bonds. The Morgan fingerprint density at radius 3 is 1.23 bits per heavy atom. The van der Waals surface area contributed by atoms with Crippen LogP contribution in [0.1, 0.15) is 20.3 Å². The topological polar surface area (TPSA) is 93.1 Å². The molecule has 0 bridgehead atoms. The van der Waals surface area contributed by atoms with Crippen LogP contribution in [-0.4, -0.2) is 36.7 Å². The van der Waals surface area contributed by atoms with Crippen LogP contribution in [0.3, 0.4) is 0 Å². The van der Waals surface area contributed by atoms with Crippen LogP contribution in [0.25, 0.3) is 0 Å². The first kappa shape index (κ1) is 17.6. The number of methoxy groups -OCH3 is 2. The number of hydrogen-bond acceptors (Lipinski definition) is 4. The van der Waals surface area contributed by atoms with Crippen LogP contribution in [0.2, 0.25) is 0 Å². The molecule has 13 heavy (non-hydrogen) atoms. The number of carbonyl (C=O) groups is 2. The second-order valence-corrected chi connectivity index (χ2v) is 1.65. The van der Waals surface area contributed by atoms with E-state index in [-0.39, 0.29) is 0 Å². The number of ether oxygens (including phenoxy) is 2. The van der Waals surface area contributed by atoms with E-state index in [1.807, 2.05) is 0 Å². The van der Waals surface area contributed by atoms with Crippen molar-refractivity contribution in [1.82, 2.24) is 0 Å². The van der Waals surface area contributed by atoms with Gasteiger partial charge >= 0.3 is 12.3 Å². The summed E-state index contributed by atoms with van der Waals surface area (Å²) in [6.07, 6.45) is -1.24. The molecule has 0 aliphatic carbocycles. The quantitative estimate of drug-likeness (QED) is 0.576. The third-order valence-electron chi connectivity index (χ3n) is 0.333. The average molecular weight is 196 g/mol. The van der Waals surface area contributed by atoms with Gasteiger partial charge in [0, 0.05) is 0 Å². The highest BCUT2D eigenvalue weighted by Crippen LogP contribution is 1.72. The number of carbonyl (C=O) groups excluding carboxylic acids is 1. The summed E-state index contributed by atoms with van der Waals surface area (Å²) in [4.78, 5) is 18.3. The van der Waals surface area contributed by atoms with Crippen LogP contribution in [0, 0.1) is 0 Å². The Hall–Kier alpha value is -1.46. The lowest BCUT2D eigenvalue weighted by Crippen LogP contribution is -1.97. The largest absolute Gasteiger partial charge is 0.507 e. The van der Waals surface area contributed by atoms with Crippen LogP contribution in [0.4, 0.5) is 9.59 Å². The molecule has 80 valence electrons. The molecule has 6 heteroatoms. The monoisotopic (exact) mass is 196 g/mol. The second-order valence-electron chi connectivity index (χ2n) is 1.65. The Labute approximate surface area is 77.1 Å². The summed E-state index contributed by atoms with van der Waals surface area (Å²) in [6.45, 7) is 4.25. The van der Waals surface area contributed by atoms with Gasteiger partial charge in [0.1, 0.15) is 0 Å². The molecule has 0 heterocycles. The maximum atomic E-state index is 9.74. The van der Waals surface area contributed by atoms with Crippen molar-refractivity contribution in [2.75, 3.05) is 14.2 Å². The number of rotatable bonds is 0. The van der Waals surface area contributed by atoms with E-state index >= 15 is 0 Å². The molecule has 0 aliphatic heterocycles. The highest BCUT2D eigenvalue weighted by atomic mass is 16.7. The van der Waals surface area contributed by atoms with Crippen LogP contribution >= 0.6 is 0 Å². The molecule has 0 saturated carbocycles. The molecule has 0 aromatic rings. The van der Waals surface area contributed by atoms with E-state index in [0.717, 1.165) is 0 Å². The van der Waals surface area contributed by atoms with E-state index in [9.17, 15) is 4.79 Å². The summed E-state index contributed by atoms with van der Waals surface area (Å²) in [5.74, 6) is 0. The second kappa shape index (κ2) is 16.9. The van der Waals surface area contributed by atoms with Crippen molar-refractivity contribution < 1.29 is 29.3 Å². The summed E-state index contributed by atoms with van der Waals surface area (Å²) in [6, 6.07) is 0. The Morgan fingerprint density at radius 2 is 1.23 bits per heavy atom. The van der Waals surface area contributed by atoms with Gasteiger partial charge in [0.15, 0.2) is 0 Å². The minimum Gasteiger partial charge on any atom is -0.450 e. The van der Waals surface area contributed by atoms with Gasteiger partial charge in [-0.1, -0.05) is 20.3 Å². The minimum absolute atomic E-state index is 0.657. The lowest BCUT2D eigenvalue weighted by Gasteiger charge is -1.89. The van der Waals surface area contributed by atoms with Crippen molar-refractivity contribution in [3.05, 3.63) is 0 Å². The smallest absolute Gasteiger partial charge is 0.450 e. The zero-order chi connectivity index (χ0) is 11.3. The normalized spacial score (nSPS) is 6.46. The van der Waals surface area contributed by atoms with Gasteiger partial charge in [0.2, 0.25) is 0 Å². The first-order chi connectivity index (χ1) is 5.95. The van der Waals surface area contributed by atoms with E-state index in [0.29, 0.717) is 0 Å². The van der Waals surface area contributed by atoms with Crippen molar-refractivity contribution in [1.29, 1.82) is 0 Å². The predicted octanol–water partition coefficient (Wildman–Crippen LogP) is 2.04. The molecular weight excluding hydrogens is 180 g/mol. The zero-order valence-corrected chi connectivity index (χ0v) is 8.23. The van der Waals surface area contributed by atoms with Gasteiger partial charge in [-0.3, -0.25) is 0 Å². The van der Waals surface area contributed by atoms with Gasteiger partial charge in [-0.2, -0.15) is 0 Å². The molecule has 2 N–H and O–H groups in total. The van der Waals surface area contributed by atoms with Gasteiger partial charge in [-0.15, -0.1) is 0 Å². The average Bonchev–Trinajstić information content (AvgIpc) is 2.03. The molecule has 0 radical (unpaired) electrons. The Kier molecular flexibility index (Phi) is 22.8. The van der Waals surface area contributed by atoms with Gasteiger partial charge in [0.05, 0.1) is 14.2 Å². The van der Waals surface area contributed by atoms with E-state index in [1.165, 1.54) is 20.6 Å². The first-order valence-corrected chi connectivity index (χ1v) is 3.49. The maximum absolute atomic E-state index is 9.74. The van der Waals surface area contributed by atoms with Crippen molar-refractivity contribution in [3.63, 3.8) is 0 Å². The van der Waals surface area contributed by atoms with E-state index in [2.05, 4.69) is 23.3 Å². The number of carboxylic acid groups (broad SMARTS) is 2.